The number of hydrogen-bond acceptors (Lipinski definition) is 6. The Hall–Kier alpha value is -3.89. The van der Waals surface area contributed by atoms with E-state index in [1.54, 1.807) is 19.2 Å². The van der Waals surface area contributed by atoms with Crippen molar-refractivity contribution in [3.63, 3.8) is 0 Å². The third-order valence-electron chi connectivity index (χ3n) is 5.45. The van der Waals surface area contributed by atoms with E-state index in [0.29, 0.717) is 12.4 Å². The van der Waals surface area contributed by atoms with Crippen molar-refractivity contribution >= 4 is 23.2 Å². The summed E-state index contributed by atoms with van der Waals surface area (Å²) in [7, 11) is 1.62. The van der Waals surface area contributed by atoms with Gasteiger partial charge in [-0.25, -0.2) is 14.6 Å². The molecule has 2 aromatic heterocycles. The quantitative estimate of drug-likeness (QED) is 0.413. The van der Waals surface area contributed by atoms with Crippen LogP contribution in [0.3, 0.4) is 0 Å². The number of nitrogens with two attached hydrogens (primary N) is 1. The minimum absolute atomic E-state index is 0.139. The Morgan fingerprint density at radius 3 is 2.67 bits per heavy atom. The summed E-state index contributed by atoms with van der Waals surface area (Å²) in [6.45, 7) is 4.07. The average Bonchev–Trinajstić information content (AvgIpc) is 3.08. The van der Waals surface area contributed by atoms with Crippen LogP contribution in [0.4, 0.5) is 4.79 Å². The Labute approximate surface area is 189 Å². The minimum Gasteiger partial charge on any atom is -0.457 e. The molecule has 1 unspecified atom stereocenters. The molecule has 2 heterocycles. The summed E-state index contributed by atoms with van der Waals surface area (Å²) in [5.74, 6) is -0.267. The molecule has 0 saturated carbocycles. The number of benzene rings is 1. The van der Waals surface area contributed by atoms with E-state index in [1.807, 2.05) is 26.0 Å². The van der Waals surface area contributed by atoms with Crippen molar-refractivity contribution in [1.29, 1.82) is 0 Å². The fourth-order valence-corrected chi connectivity index (χ4v) is 3.70. The first kappa shape index (κ1) is 23.8. The molecular weight excluding hydrogens is 428 g/mol. The molecule has 3 aromatic rings. The number of aromatic nitrogens is 4. The molecule has 0 spiro atoms. The maximum Gasteiger partial charge on any atom is 0.330 e. The zero-order valence-corrected chi connectivity index (χ0v) is 18.9. The van der Waals surface area contributed by atoms with Crippen molar-refractivity contribution in [2.75, 3.05) is 0 Å². The fourth-order valence-electron chi connectivity index (χ4n) is 3.70. The zero-order valence-electron chi connectivity index (χ0n) is 18.9. The summed E-state index contributed by atoms with van der Waals surface area (Å²) in [5, 5.41) is 2.57. The van der Waals surface area contributed by atoms with E-state index in [2.05, 4.69) is 15.3 Å². The number of carbonyl (C=O) groups is 2. The molecular formula is C22H28N6O5. The molecule has 0 aliphatic carbocycles. The second kappa shape index (κ2) is 10.2. The van der Waals surface area contributed by atoms with Crippen LogP contribution in [0.2, 0.25) is 0 Å². The zero-order chi connectivity index (χ0) is 24.1. The smallest absolute Gasteiger partial charge is 0.330 e. The van der Waals surface area contributed by atoms with E-state index in [0.717, 1.165) is 24.0 Å². The number of rotatable bonds is 9. The SMILES string of the molecule is CCCCn1c(=O)[nH]c(=O)c2c1nc(COC(=O)CC(NC(N)=O)c1ccccc1C)n2C. The van der Waals surface area contributed by atoms with E-state index in [1.165, 1.54) is 9.13 Å². The molecule has 33 heavy (non-hydrogen) atoms. The van der Waals surface area contributed by atoms with Gasteiger partial charge in [-0.05, 0) is 24.5 Å². The first-order valence-corrected chi connectivity index (χ1v) is 10.7. The molecule has 0 bridgehead atoms. The lowest BCUT2D eigenvalue weighted by molar-refractivity contribution is -0.145. The Bertz CT molecular complexity index is 1290. The van der Waals surface area contributed by atoms with Crippen molar-refractivity contribution < 1.29 is 14.3 Å². The topological polar surface area (TPSA) is 154 Å². The summed E-state index contributed by atoms with van der Waals surface area (Å²) in [6, 6.07) is 5.92. The number of nitrogens with zero attached hydrogens (tertiary/aromatic N) is 3. The van der Waals surface area contributed by atoms with E-state index < -0.39 is 29.3 Å². The van der Waals surface area contributed by atoms with E-state index >= 15 is 0 Å². The van der Waals surface area contributed by atoms with Crippen molar-refractivity contribution in [2.45, 2.75) is 52.3 Å². The second-order valence-electron chi connectivity index (χ2n) is 7.81. The Kier molecular flexibility index (Phi) is 7.31. The number of hydrogen-bond donors (Lipinski definition) is 3. The van der Waals surface area contributed by atoms with Crippen LogP contribution in [0.25, 0.3) is 11.2 Å². The largest absolute Gasteiger partial charge is 0.457 e. The molecule has 1 aromatic carbocycles. The molecule has 4 N–H and O–H groups in total. The van der Waals surface area contributed by atoms with Gasteiger partial charge in [0.15, 0.2) is 11.2 Å². The van der Waals surface area contributed by atoms with Crippen LogP contribution in [0, 0.1) is 6.92 Å². The van der Waals surface area contributed by atoms with Gasteiger partial charge in [0.05, 0.1) is 12.5 Å². The van der Waals surface area contributed by atoms with Crippen molar-refractivity contribution in [3.05, 3.63) is 62.1 Å². The van der Waals surface area contributed by atoms with Gasteiger partial charge in [-0.2, -0.15) is 0 Å². The molecule has 0 aliphatic heterocycles. The van der Waals surface area contributed by atoms with Crippen LogP contribution in [-0.2, 0) is 29.7 Å². The second-order valence-corrected chi connectivity index (χ2v) is 7.81. The predicted molar refractivity (Wildman–Crippen MR) is 122 cm³/mol. The first-order chi connectivity index (χ1) is 15.7. The Morgan fingerprint density at radius 2 is 2.00 bits per heavy atom. The van der Waals surface area contributed by atoms with Gasteiger partial charge in [-0.3, -0.25) is 19.1 Å². The molecule has 11 heteroatoms. The number of aromatic amines is 1. The molecule has 0 saturated heterocycles. The number of ether oxygens (including phenoxy) is 1. The molecule has 3 rings (SSSR count). The number of nitrogens with one attached hydrogen (secondary N) is 2. The molecule has 176 valence electrons. The molecule has 0 aliphatic rings. The van der Waals surface area contributed by atoms with Gasteiger partial charge in [-0.1, -0.05) is 37.6 Å². The number of unbranched alkanes of at least 4 members (excludes halogenated alkanes) is 1. The molecule has 0 radical (unpaired) electrons. The fraction of sp³-hybridized carbons (Fsp3) is 0.409. The van der Waals surface area contributed by atoms with Gasteiger partial charge in [-0.15, -0.1) is 0 Å². The van der Waals surface area contributed by atoms with Crippen LogP contribution in [-0.4, -0.2) is 31.1 Å². The van der Waals surface area contributed by atoms with Gasteiger partial charge in [0.1, 0.15) is 12.4 Å². The number of imidazole rings is 1. The highest BCUT2D eigenvalue weighted by Gasteiger charge is 2.21. The monoisotopic (exact) mass is 456 g/mol. The molecule has 11 nitrogen and oxygen atoms in total. The standard InChI is InChI=1S/C22H28N6O5/c1-4-5-10-28-19-18(20(30)26-22(28)32)27(3)16(25-19)12-33-17(29)11-15(24-21(23)31)14-9-7-6-8-13(14)2/h6-9,15H,4-5,10-12H2,1-3H3,(H3,23,24,31)(H,26,30,32). The molecule has 2 amide bonds. The van der Waals surface area contributed by atoms with Gasteiger partial charge < -0.3 is 20.4 Å². The number of urea groups is 1. The van der Waals surface area contributed by atoms with E-state index in [4.69, 9.17) is 10.5 Å². The number of primary amides is 1. The number of H-pyrrole nitrogens is 1. The molecule has 0 fully saturated rings. The van der Waals surface area contributed by atoms with Crippen molar-refractivity contribution in [2.24, 2.45) is 12.8 Å². The maximum atomic E-state index is 12.6. The lowest BCUT2D eigenvalue weighted by atomic mass is 9.99. The Balaban J connectivity index is 1.81. The lowest BCUT2D eigenvalue weighted by Crippen LogP contribution is -2.35. The third kappa shape index (κ3) is 5.30. The number of fused-ring (bicyclic) bond motifs is 1. The summed E-state index contributed by atoms with van der Waals surface area (Å²) in [4.78, 5) is 55.3. The average molecular weight is 457 g/mol. The van der Waals surface area contributed by atoms with Crippen LogP contribution < -0.4 is 22.3 Å². The number of aryl methyl sites for hydroxylation is 3. The summed E-state index contributed by atoms with van der Waals surface area (Å²) < 4.78 is 8.31. The highest BCUT2D eigenvalue weighted by Crippen LogP contribution is 2.21. The van der Waals surface area contributed by atoms with E-state index in [9.17, 15) is 19.2 Å². The normalized spacial score (nSPS) is 12.0. The van der Waals surface area contributed by atoms with Gasteiger partial charge in [0.25, 0.3) is 5.56 Å². The Morgan fingerprint density at radius 1 is 1.27 bits per heavy atom. The van der Waals surface area contributed by atoms with Crippen LogP contribution >= 0.6 is 0 Å². The summed E-state index contributed by atoms with van der Waals surface area (Å²) in [5.41, 5.74) is 6.32. The lowest BCUT2D eigenvalue weighted by Gasteiger charge is -2.19. The number of carbonyl (C=O) groups excluding carboxylic acids is 2. The van der Waals surface area contributed by atoms with Crippen molar-refractivity contribution in [3.8, 4) is 0 Å². The first-order valence-electron chi connectivity index (χ1n) is 10.7. The maximum absolute atomic E-state index is 12.6. The highest BCUT2D eigenvalue weighted by molar-refractivity contribution is 5.75. The summed E-state index contributed by atoms with van der Waals surface area (Å²) >= 11 is 0. The molecule has 1 atom stereocenters. The van der Waals surface area contributed by atoms with E-state index in [-0.39, 0.29) is 24.2 Å². The summed E-state index contributed by atoms with van der Waals surface area (Å²) in [6.07, 6.45) is 1.47. The van der Waals surface area contributed by atoms with Crippen LogP contribution in [0.5, 0.6) is 0 Å². The van der Waals surface area contributed by atoms with Crippen molar-refractivity contribution in [1.82, 2.24) is 24.4 Å². The number of esters is 1. The van der Waals surface area contributed by atoms with Gasteiger partial charge >= 0.3 is 17.7 Å². The predicted octanol–water partition coefficient (Wildman–Crippen LogP) is 1.37. The van der Waals surface area contributed by atoms with Gasteiger partial charge in [0.2, 0.25) is 0 Å². The number of amides is 2. The van der Waals surface area contributed by atoms with Crippen LogP contribution in [0.15, 0.2) is 33.9 Å². The third-order valence-corrected chi connectivity index (χ3v) is 5.45. The van der Waals surface area contributed by atoms with Crippen LogP contribution in [0.1, 0.15) is 49.2 Å². The highest BCUT2D eigenvalue weighted by atomic mass is 16.5. The minimum atomic E-state index is -0.754. The van der Waals surface area contributed by atoms with Gasteiger partial charge in [0, 0.05) is 13.6 Å².